The molecule has 0 radical (unpaired) electrons. The van der Waals surface area contributed by atoms with Gasteiger partial charge in [0.15, 0.2) is 0 Å². The molecule has 1 aromatic carbocycles. The molecule has 1 unspecified atom stereocenters. The maximum Gasteiger partial charge on any atom is 0.119 e. The first-order chi connectivity index (χ1) is 9.97. The summed E-state index contributed by atoms with van der Waals surface area (Å²) in [6.07, 6.45) is 3.37. The van der Waals surface area contributed by atoms with Crippen molar-refractivity contribution in [1.82, 2.24) is 5.32 Å². The molecule has 0 aliphatic carbocycles. The highest BCUT2D eigenvalue weighted by Crippen LogP contribution is 2.23. The van der Waals surface area contributed by atoms with Crippen LogP contribution in [0, 0.1) is 5.41 Å². The van der Waals surface area contributed by atoms with Crippen LogP contribution in [0.15, 0.2) is 24.3 Å². The second-order valence-corrected chi connectivity index (χ2v) is 6.54. The van der Waals surface area contributed by atoms with E-state index in [1.807, 2.05) is 24.3 Å². The number of nitrogens with one attached hydrogen (secondary N) is 1. The Morgan fingerprint density at radius 3 is 2.24 bits per heavy atom. The third-order valence-electron chi connectivity index (χ3n) is 3.65. The highest BCUT2D eigenvalue weighted by Gasteiger charge is 2.23. The van der Waals surface area contributed by atoms with E-state index in [0.29, 0.717) is 6.04 Å². The summed E-state index contributed by atoms with van der Waals surface area (Å²) in [5.74, 6) is 1.77. The first-order valence-corrected chi connectivity index (χ1v) is 7.97. The zero-order valence-corrected chi connectivity index (χ0v) is 14.2. The van der Waals surface area contributed by atoms with Gasteiger partial charge in [0, 0.05) is 6.04 Å². The number of hydrogen-bond donors (Lipinski definition) is 1. The Balaban J connectivity index is 2.32. The number of benzene rings is 1. The molecule has 0 spiro atoms. The third-order valence-corrected chi connectivity index (χ3v) is 3.65. The van der Waals surface area contributed by atoms with Crippen molar-refractivity contribution in [2.45, 2.75) is 53.0 Å². The fourth-order valence-electron chi connectivity index (χ4n) is 2.31. The van der Waals surface area contributed by atoms with E-state index in [1.165, 1.54) is 6.42 Å². The minimum Gasteiger partial charge on any atom is -0.497 e. The topological polar surface area (TPSA) is 30.5 Å². The summed E-state index contributed by atoms with van der Waals surface area (Å²) < 4.78 is 10.9. The fourth-order valence-corrected chi connectivity index (χ4v) is 2.31. The normalized spacial score (nSPS) is 13.0. The predicted octanol–water partition coefficient (Wildman–Crippen LogP) is 4.27. The van der Waals surface area contributed by atoms with Crippen LogP contribution in [0.2, 0.25) is 0 Å². The average Bonchev–Trinajstić information content (AvgIpc) is 2.45. The monoisotopic (exact) mass is 293 g/mol. The number of rotatable bonds is 9. The minimum atomic E-state index is 0.287. The lowest BCUT2D eigenvalue weighted by Crippen LogP contribution is -2.40. The molecule has 21 heavy (non-hydrogen) atoms. The zero-order valence-electron chi connectivity index (χ0n) is 14.2. The summed E-state index contributed by atoms with van der Waals surface area (Å²) in [7, 11) is 1.67. The minimum absolute atomic E-state index is 0.287. The smallest absolute Gasteiger partial charge is 0.119 e. The molecule has 0 aliphatic rings. The van der Waals surface area contributed by atoms with Gasteiger partial charge in [-0.05, 0) is 55.5 Å². The Bertz CT molecular complexity index is 381. The van der Waals surface area contributed by atoms with Crippen molar-refractivity contribution < 1.29 is 9.47 Å². The summed E-state index contributed by atoms with van der Waals surface area (Å²) in [4.78, 5) is 0. The van der Waals surface area contributed by atoms with Crippen LogP contribution in [-0.4, -0.2) is 26.3 Å². The molecule has 0 aromatic heterocycles. The molecule has 0 saturated carbocycles. The number of methoxy groups -OCH3 is 1. The maximum atomic E-state index is 5.79. The largest absolute Gasteiger partial charge is 0.497 e. The third kappa shape index (κ3) is 6.85. The van der Waals surface area contributed by atoms with Gasteiger partial charge in [0.05, 0.1) is 13.7 Å². The van der Waals surface area contributed by atoms with Gasteiger partial charge < -0.3 is 14.8 Å². The van der Waals surface area contributed by atoms with Crippen molar-refractivity contribution in [2.24, 2.45) is 5.41 Å². The van der Waals surface area contributed by atoms with Crippen molar-refractivity contribution in [1.29, 1.82) is 0 Å². The van der Waals surface area contributed by atoms with E-state index in [1.54, 1.807) is 7.11 Å². The molecule has 120 valence electrons. The fraction of sp³-hybridized carbons (Fsp3) is 0.667. The lowest BCUT2D eigenvalue weighted by molar-refractivity contribution is 0.229. The van der Waals surface area contributed by atoms with Crippen LogP contribution in [0.25, 0.3) is 0 Å². The van der Waals surface area contributed by atoms with Crippen molar-refractivity contribution in [3.63, 3.8) is 0 Å². The first kappa shape index (κ1) is 17.8. The van der Waals surface area contributed by atoms with Crippen LogP contribution in [0.3, 0.4) is 0 Å². The molecule has 0 heterocycles. The Kier molecular flexibility index (Phi) is 7.58. The van der Waals surface area contributed by atoms with E-state index in [4.69, 9.17) is 9.47 Å². The molecule has 1 rings (SSSR count). The Morgan fingerprint density at radius 2 is 1.71 bits per heavy atom. The van der Waals surface area contributed by atoms with Crippen LogP contribution < -0.4 is 14.8 Å². The van der Waals surface area contributed by atoms with Crippen LogP contribution in [0.5, 0.6) is 11.5 Å². The van der Waals surface area contributed by atoms with Gasteiger partial charge in [-0.25, -0.2) is 0 Å². The van der Waals surface area contributed by atoms with Crippen LogP contribution in [0.4, 0.5) is 0 Å². The molecule has 1 N–H and O–H groups in total. The van der Waals surface area contributed by atoms with Crippen molar-refractivity contribution in [2.75, 3.05) is 20.3 Å². The van der Waals surface area contributed by atoms with Gasteiger partial charge in [-0.3, -0.25) is 0 Å². The molecule has 1 atom stereocenters. The number of hydrogen-bond acceptors (Lipinski definition) is 3. The van der Waals surface area contributed by atoms with Crippen LogP contribution >= 0.6 is 0 Å². The van der Waals surface area contributed by atoms with E-state index in [2.05, 4.69) is 33.0 Å². The molecule has 0 bridgehead atoms. The quantitative estimate of drug-likeness (QED) is 0.690. The maximum absolute atomic E-state index is 5.79. The molecule has 0 amide bonds. The molecule has 0 saturated heterocycles. The Hall–Kier alpha value is -1.22. The molecule has 0 aliphatic heterocycles. The summed E-state index contributed by atoms with van der Waals surface area (Å²) in [6, 6.07) is 8.30. The lowest BCUT2D eigenvalue weighted by Gasteiger charge is -2.31. The summed E-state index contributed by atoms with van der Waals surface area (Å²) >= 11 is 0. The lowest BCUT2D eigenvalue weighted by atomic mass is 9.84. The molecule has 0 fully saturated rings. The van der Waals surface area contributed by atoms with Crippen LogP contribution in [-0.2, 0) is 0 Å². The van der Waals surface area contributed by atoms with E-state index < -0.39 is 0 Å². The van der Waals surface area contributed by atoms with Gasteiger partial charge >= 0.3 is 0 Å². The van der Waals surface area contributed by atoms with E-state index in [-0.39, 0.29) is 5.41 Å². The van der Waals surface area contributed by atoms with Crippen molar-refractivity contribution in [3.8, 4) is 11.5 Å². The molecule has 1 aromatic rings. The molecule has 3 nitrogen and oxygen atoms in total. The van der Waals surface area contributed by atoms with Gasteiger partial charge in [-0.15, -0.1) is 0 Å². The SMILES string of the molecule is CCCNC(CCCOc1ccc(OC)cc1)C(C)(C)C. The number of ether oxygens (including phenoxy) is 2. The van der Waals surface area contributed by atoms with Crippen molar-refractivity contribution in [3.05, 3.63) is 24.3 Å². The van der Waals surface area contributed by atoms with E-state index in [0.717, 1.165) is 37.5 Å². The second-order valence-electron chi connectivity index (χ2n) is 6.54. The van der Waals surface area contributed by atoms with Gasteiger partial charge in [-0.1, -0.05) is 27.7 Å². The van der Waals surface area contributed by atoms with Crippen LogP contribution in [0.1, 0.15) is 47.0 Å². The summed E-state index contributed by atoms with van der Waals surface area (Å²) in [6.45, 7) is 10.9. The van der Waals surface area contributed by atoms with Gasteiger partial charge in [0.1, 0.15) is 11.5 Å². The second kappa shape index (κ2) is 8.93. The van der Waals surface area contributed by atoms with Crippen molar-refractivity contribution >= 4 is 0 Å². The van der Waals surface area contributed by atoms with E-state index >= 15 is 0 Å². The summed E-state index contributed by atoms with van der Waals surface area (Å²) in [5.41, 5.74) is 0.287. The average molecular weight is 293 g/mol. The standard InChI is InChI=1S/C18H31NO2/c1-6-13-19-17(18(2,3)4)8-7-14-21-16-11-9-15(20-5)10-12-16/h9-12,17,19H,6-8,13-14H2,1-5H3. The predicted molar refractivity (Wildman–Crippen MR) is 89.3 cm³/mol. The first-order valence-electron chi connectivity index (χ1n) is 7.97. The van der Waals surface area contributed by atoms with Gasteiger partial charge in [-0.2, -0.15) is 0 Å². The van der Waals surface area contributed by atoms with Gasteiger partial charge in [0.25, 0.3) is 0 Å². The highest BCUT2D eigenvalue weighted by molar-refractivity contribution is 5.31. The summed E-state index contributed by atoms with van der Waals surface area (Å²) in [5, 5.41) is 3.65. The zero-order chi connectivity index (χ0) is 15.7. The Labute approximate surface area is 130 Å². The molecular formula is C18H31NO2. The van der Waals surface area contributed by atoms with E-state index in [9.17, 15) is 0 Å². The highest BCUT2D eigenvalue weighted by atomic mass is 16.5. The van der Waals surface area contributed by atoms with Gasteiger partial charge in [0.2, 0.25) is 0 Å². The molecular weight excluding hydrogens is 262 g/mol. The Morgan fingerprint density at radius 1 is 1.10 bits per heavy atom. The molecule has 3 heteroatoms.